The molecule has 13 heteroatoms. The van der Waals surface area contributed by atoms with Crippen molar-refractivity contribution in [2.45, 2.75) is 19.1 Å². The quantitative estimate of drug-likeness (QED) is 0.421. The van der Waals surface area contributed by atoms with E-state index in [9.17, 15) is 17.0 Å². The second-order valence-electron chi connectivity index (χ2n) is 8.79. The first-order valence-electron chi connectivity index (χ1n) is 10.9. The van der Waals surface area contributed by atoms with Gasteiger partial charge in [-0.25, -0.2) is 27.0 Å². The van der Waals surface area contributed by atoms with Crippen molar-refractivity contribution >= 4 is 53.7 Å². The number of nitrogens with one attached hydrogen (secondary N) is 2. The van der Waals surface area contributed by atoms with E-state index in [1.807, 2.05) is 13.0 Å². The Morgan fingerprint density at radius 2 is 1.83 bits per heavy atom. The Kier molecular flexibility index (Phi) is 7.10. The number of hydrogen-bond donors (Lipinski definition) is 2. The Labute approximate surface area is 210 Å². The molecule has 0 aliphatic carbocycles. The molecular weight excluding hydrogens is 509 g/mol. The van der Waals surface area contributed by atoms with Crippen molar-refractivity contribution in [2.24, 2.45) is 0 Å². The van der Waals surface area contributed by atoms with E-state index in [0.29, 0.717) is 28.1 Å². The van der Waals surface area contributed by atoms with Crippen LogP contribution in [0, 0.1) is 12.7 Å². The minimum absolute atomic E-state index is 0.0749. The highest BCUT2D eigenvalue weighted by Gasteiger charge is 2.39. The highest BCUT2D eigenvalue weighted by molar-refractivity contribution is 8.00. The van der Waals surface area contributed by atoms with Crippen LogP contribution in [0.4, 0.5) is 21.6 Å². The predicted molar refractivity (Wildman–Crippen MR) is 140 cm³/mol. The molecule has 4 rings (SSSR count). The lowest BCUT2D eigenvalue weighted by atomic mass is 10.1. The molecule has 1 aliphatic rings. The van der Waals surface area contributed by atoms with Crippen molar-refractivity contribution in [3.05, 3.63) is 48.0 Å². The second-order valence-corrected chi connectivity index (χ2v) is 13.0. The highest BCUT2D eigenvalue weighted by Crippen LogP contribution is 2.34. The number of hydrogen-bond acceptors (Lipinski definition) is 8. The lowest BCUT2D eigenvalue weighted by molar-refractivity contribution is 0.0346. The number of sulfonamides is 1. The summed E-state index contributed by atoms with van der Waals surface area (Å²) in [4.78, 5) is 8.70. The van der Waals surface area contributed by atoms with Gasteiger partial charge in [-0.3, -0.25) is 0 Å². The van der Waals surface area contributed by atoms with E-state index in [-0.39, 0.29) is 18.8 Å². The average Bonchev–Trinajstić information content (AvgIpc) is 3.17. The number of anilines is 3. The number of fused-ring (bicyclic) bond motifs is 1. The summed E-state index contributed by atoms with van der Waals surface area (Å²) in [6.45, 7) is 2.08. The topological polar surface area (TPSA) is 123 Å². The lowest BCUT2D eigenvalue weighted by Crippen LogP contribution is -2.32. The first-order chi connectivity index (χ1) is 16.8. The van der Waals surface area contributed by atoms with Crippen molar-refractivity contribution in [3.8, 4) is 5.75 Å². The number of halogens is 1. The summed E-state index contributed by atoms with van der Waals surface area (Å²) in [5.74, 6) is 3.74. The largest absolute Gasteiger partial charge is 0.484 e. The standard InChI is InChI=1S/C23H28FN5O5S2/c1-14-8-16(28-35(3,4)30)10-18-22(14)23(26-13-25-18)27-17-7-6-15(24)9-19(17)34-21-12-29(36(5,31)32)11-20(21)33-2/h6-10,13,20-21H,3,11-12H2,1-2,4-5H3,(H,28,30)(H,25,26,27). The maximum Gasteiger partial charge on any atom is 0.211 e. The van der Waals surface area contributed by atoms with Crippen molar-refractivity contribution in [1.29, 1.82) is 0 Å². The van der Waals surface area contributed by atoms with Gasteiger partial charge in [-0.05, 0) is 42.6 Å². The van der Waals surface area contributed by atoms with Crippen molar-refractivity contribution in [3.63, 3.8) is 0 Å². The zero-order valence-corrected chi connectivity index (χ0v) is 22.0. The van der Waals surface area contributed by atoms with Gasteiger partial charge in [0.05, 0.1) is 24.0 Å². The highest BCUT2D eigenvalue weighted by atomic mass is 32.2. The Hall–Kier alpha value is -3.00. The Morgan fingerprint density at radius 3 is 2.50 bits per heavy atom. The molecule has 1 aliphatic heterocycles. The minimum atomic E-state index is -3.44. The zero-order chi connectivity index (χ0) is 26.3. The molecule has 194 valence electrons. The summed E-state index contributed by atoms with van der Waals surface area (Å²) < 4.78 is 66.0. The molecule has 0 radical (unpaired) electrons. The summed E-state index contributed by atoms with van der Waals surface area (Å²) in [5, 5.41) is 3.91. The monoisotopic (exact) mass is 537 g/mol. The van der Waals surface area contributed by atoms with E-state index in [0.717, 1.165) is 11.8 Å². The van der Waals surface area contributed by atoms with Crippen LogP contribution in [0.3, 0.4) is 0 Å². The van der Waals surface area contributed by atoms with E-state index >= 15 is 0 Å². The molecule has 2 N–H and O–H groups in total. The Bertz CT molecular complexity index is 1510. The molecule has 0 spiro atoms. The number of ether oxygens (including phenoxy) is 2. The summed E-state index contributed by atoms with van der Waals surface area (Å²) in [7, 11) is -4.44. The molecule has 3 unspecified atom stereocenters. The maximum absolute atomic E-state index is 14.2. The van der Waals surface area contributed by atoms with Crippen LogP contribution in [0.2, 0.25) is 0 Å². The molecule has 0 saturated carbocycles. The van der Waals surface area contributed by atoms with E-state index in [4.69, 9.17) is 9.47 Å². The van der Waals surface area contributed by atoms with Crippen LogP contribution in [0.1, 0.15) is 5.56 Å². The minimum Gasteiger partial charge on any atom is -0.484 e. The fraction of sp³-hybridized carbons (Fsp3) is 0.348. The van der Waals surface area contributed by atoms with Gasteiger partial charge >= 0.3 is 0 Å². The summed E-state index contributed by atoms with van der Waals surface area (Å²) in [6.07, 6.45) is 2.84. The van der Waals surface area contributed by atoms with Crippen LogP contribution in [0.15, 0.2) is 36.7 Å². The van der Waals surface area contributed by atoms with Crippen LogP contribution < -0.4 is 14.8 Å². The Morgan fingerprint density at radius 1 is 1.11 bits per heavy atom. The molecule has 2 heterocycles. The van der Waals surface area contributed by atoms with Crippen LogP contribution in [-0.2, 0) is 24.5 Å². The van der Waals surface area contributed by atoms with Crippen LogP contribution in [0.5, 0.6) is 5.75 Å². The molecule has 0 bridgehead atoms. The number of rotatable bonds is 8. The van der Waals surface area contributed by atoms with Crippen molar-refractivity contribution in [1.82, 2.24) is 14.3 Å². The molecule has 1 fully saturated rings. The fourth-order valence-electron chi connectivity index (χ4n) is 4.10. The van der Waals surface area contributed by atoms with Gasteiger partial charge in [0.2, 0.25) is 10.0 Å². The van der Waals surface area contributed by atoms with Gasteiger partial charge in [0.1, 0.15) is 35.9 Å². The number of methoxy groups -OCH3 is 1. The van der Waals surface area contributed by atoms with Crippen LogP contribution >= 0.6 is 0 Å². The molecule has 1 saturated heterocycles. The number of aromatic nitrogens is 2. The average molecular weight is 538 g/mol. The molecule has 0 amide bonds. The summed E-state index contributed by atoms with van der Waals surface area (Å²) in [5.41, 5.74) is 2.45. The molecular formula is C23H28FN5O5S2. The molecule has 3 aromatic rings. The van der Waals surface area contributed by atoms with E-state index in [1.165, 1.54) is 42.2 Å². The SMILES string of the molecule is C=S(C)(=O)Nc1cc(C)c2c(Nc3ccc(F)cc3OC3CN(S(C)(=O)=O)CC3OC)ncnc2c1. The first kappa shape index (κ1) is 26.1. The fourth-order valence-corrected chi connectivity index (χ4v) is 5.56. The van der Waals surface area contributed by atoms with Gasteiger partial charge in [-0.2, -0.15) is 4.31 Å². The normalized spacial score (nSPS) is 20.2. The smallest absolute Gasteiger partial charge is 0.211 e. The Balaban J connectivity index is 1.68. The number of benzene rings is 2. The molecule has 1 aromatic heterocycles. The maximum atomic E-state index is 14.2. The third kappa shape index (κ3) is 5.86. The molecule has 2 aromatic carbocycles. The predicted octanol–water partition coefficient (Wildman–Crippen LogP) is 2.53. The summed E-state index contributed by atoms with van der Waals surface area (Å²) >= 11 is 0. The third-order valence-corrected chi connectivity index (χ3v) is 7.60. The van der Waals surface area contributed by atoms with Gasteiger partial charge in [-0.15, -0.1) is 0 Å². The summed E-state index contributed by atoms with van der Waals surface area (Å²) in [6, 6.07) is 7.58. The number of nitrogens with zero attached hydrogens (tertiary/aromatic N) is 3. The van der Waals surface area contributed by atoms with Crippen molar-refractivity contribution < 1.29 is 26.5 Å². The van der Waals surface area contributed by atoms with Gasteiger partial charge in [-0.1, -0.05) is 0 Å². The second kappa shape index (κ2) is 9.81. The van der Waals surface area contributed by atoms with Gasteiger partial charge in [0.15, 0.2) is 0 Å². The van der Waals surface area contributed by atoms with Gasteiger partial charge in [0, 0.05) is 46.8 Å². The molecule has 3 atom stereocenters. The first-order valence-corrected chi connectivity index (χ1v) is 14.9. The van der Waals surface area contributed by atoms with Gasteiger partial charge in [0.25, 0.3) is 0 Å². The van der Waals surface area contributed by atoms with E-state index in [1.54, 1.807) is 6.07 Å². The van der Waals surface area contributed by atoms with Crippen molar-refractivity contribution in [2.75, 3.05) is 42.7 Å². The zero-order valence-electron chi connectivity index (χ0n) is 20.3. The van der Waals surface area contributed by atoms with E-state index in [2.05, 4.69) is 25.9 Å². The third-order valence-electron chi connectivity index (χ3n) is 5.70. The molecule has 36 heavy (non-hydrogen) atoms. The van der Waals surface area contributed by atoms with Gasteiger partial charge < -0.3 is 19.5 Å². The molecule has 10 nitrogen and oxygen atoms in total. The van der Waals surface area contributed by atoms with Crippen LogP contribution in [-0.4, -0.2) is 77.7 Å². The van der Waals surface area contributed by atoms with E-state index < -0.39 is 37.8 Å². The van der Waals surface area contributed by atoms with Crippen LogP contribution in [0.25, 0.3) is 10.9 Å². The lowest BCUT2D eigenvalue weighted by Gasteiger charge is -2.21. The number of aryl methyl sites for hydroxylation is 1.